The van der Waals surface area contributed by atoms with Crippen molar-refractivity contribution < 1.29 is 9.53 Å². The molecule has 1 heterocycles. The molecule has 0 radical (unpaired) electrons. The molecule has 0 saturated carbocycles. The molecule has 24 heavy (non-hydrogen) atoms. The molecule has 2 aromatic carbocycles. The summed E-state index contributed by atoms with van der Waals surface area (Å²) >= 11 is 0. The summed E-state index contributed by atoms with van der Waals surface area (Å²) in [6, 6.07) is 17.7. The van der Waals surface area contributed by atoms with Gasteiger partial charge in [-0.05, 0) is 18.6 Å². The second-order valence-electron chi connectivity index (χ2n) is 5.76. The van der Waals surface area contributed by atoms with Crippen LogP contribution in [-0.4, -0.2) is 17.1 Å². The molecule has 3 rings (SSSR count). The number of benzene rings is 2. The number of hydrogen-bond donors (Lipinski definition) is 1. The van der Waals surface area contributed by atoms with E-state index in [1.165, 1.54) is 0 Å². The van der Waals surface area contributed by atoms with Crippen molar-refractivity contribution in [1.82, 2.24) is 9.88 Å². The maximum atomic E-state index is 12.5. The zero-order valence-corrected chi connectivity index (χ0v) is 14.0. The summed E-state index contributed by atoms with van der Waals surface area (Å²) in [4.78, 5) is 12.5. The Kier molecular flexibility index (Phi) is 4.96. The number of nitrogens with one attached hydrogen (secondary N) is 1. The van der Waals surface area contributed by atoms with Crippen molar-refractivity contribution in [2.75, 3.05) is 6.61 Å². The molecule has 0 aliphatic carbocycles. The topological polar surface area (TPSA) is 43.3 Å². The number of rotatable bonds is 6. The third kappa shape index (κ3) is 3.34. The van der Waals surface area contributed by atoms with Crippen molar-refractivity contribution in [3.8, 4) is 0 Å². The maximum absolute atomic E-state index is 12.5. The minimum atomic E-state index is -0.490. The van der Waals surface area contributed by atoms with Gasteiger partial charge in [-0.15, -0.1) is 0 Å². The predicted molar refractivity (Wildman–Crippen MR) is 95.6 cm³/mol. The fourth-order valence-electron chi connectivity index (χ4n) is 2.96. The number of esters is 1. The van der Waals surface area contributed by atoms with Crippen LogP contribution in [0.15, 0.2) is 60.8 Å². The third-order valence-electron chi connectivity index (χ3n) is 4.11. The number of hydrogen-bond acceptors (Lipinski definition) is 3. The predicted octanol–water partition coefficient (Wildman–Crippen LogP) is 3.57. The molecule has 0 spiro atoms. The SMILES string of the molecule is CCOC(=O)C(NCc1ccccc1)c1cn(C)c2ccccc12. The lowest BCUT2D eigenvalue weighted by Crippen LogP contribution is -2.29. The van der Waals surface area contributed by atoms with Gasteiger partial charge >= 0.3 is 5.97 Å². The molecule has 124 valence electrons. The van der Waals surface area contributed by atoms with Crippen LogP contribution in [0.2, 0.25) is 0 Å². The van der Waals surface area contributed by atoms with Gasteiger partial charge in [-0.25, -0.2) is 4.79 Å². The number of aryl methyl sites for hydroxylation is 1. The highest BCUT2D eigenvalue weighted by Gasteiger charge is 2.25. The Hall–Kier alpha value is -2.59. The molecular weight excluding hydrogens is 300 g/mol. The van der Waals surface area contributed by atoms with Crippen LogP contribution in [0.1, 0.15) is 24.1 Å². The van der Waals surface area contributed by atoms with Crippen molar-refractivity contribution in [2.45, 2.75) is 19.5 Å². The number of ether oxygens (including phenoxy) is 1. The molecule has 1 aromatic heterocycles. The maximum Gasteiger partial charge on any atom is 0.327 e. The monoisotopic (exact) mass is 322 g/mol. The van der Waals surface area contributed by atoms with Crippen molar-refractivity contribution in [2.24, 2.45) is 7.05 Å². The number of carbonyl (C=O) groups is 1. The molecule has 4 nitrogen and oxygen atoms in total. The lowest BCUT2D eigenvalue weighted by molar-refractivity contribution is -0.145. The summed E-state index contributed by atoms with van der Waals surface area (Å²) < 4.78 is 7.34. The van der Waals surface area contributed by atoms with Gasteiger partial charge in [0.1, 0.15) is 6.04 Å². The summed E-state index contributed by atoms with van der Waals surface area (Å²) in [5.41, 5.74) is 3.18. The smallest absolute Gasteiger partial charge is 0.327 e. The van der Waals surface area contributed by atoms with Gasteiger partial charge in [0.05, 0.1) is 6.61 Å². The van der Waals surface area contributed by atoms with Gasteiger partial charge in [-0.2, -0.15) is 0 Å². The molecule has 4 heteroatoms. The highest BCUT2D eigenvalue weighted by molar-refractivity contribution is 5.90. The van der Waals surface area contributed by atoms with E-state index in [4.69, 9.17) is 4.74 Å². The van der Waals surface area contributed by atoms with Gasteiger partial charge in [-0.3, -0.25) is 5.32 Å². The molecule has 0 fully saturated rings. The van der Waals surface area contributed by atoms with E-state index < -0.39 is 6.04 Å². The molecule has 0 aliphatic rings. The second kappa shape index (κ2) is 7.32. The highest BCUT2D eigenvalue weighted by atomic mass is 16.5. The molecule has 1 atom stereocenters. The van der Waals surface area contributed by atoms with Gasteiger partial charge in [0.2, 0.25) is 0 Å². The number of nitrogens with zero attached hydrogens (tertiary/aromatic N) is 1. The Labute approximate surface area is 142 Å². The normalized spacial score (nSPS) is 12.2. The van der Waals surface area contributed by atoms with Crippen LogP contribution in [0.4, 0.5) is 0 Å². The van der Waals surface area contributed by atoms with Crippen molar-refractivity contribution in [3.63, 3.8) is 0 Å². The Morgan fingerprint density at radius 1 is 1.12 bits per heavy atom. The van der Waals surface area contributed by atoms with Gasteiger partial charge in [0.15, 0.2) is 0 Å². The van der Waals surface area contributed by atoms with Crippen LogP contribution < -0.4 is 5.32 Å². The molecule has 1 N–H and O–H groups in total. The lowest BCUT2D eigenvalue weighted by atomic mass is 10.1. The summed E-state index contributed by atoms with van der Waals surface area (Å²) in [5, 5.41) is 4.42. The quantitative estimate of drug-likeness (QED) is 0.706. The first kappa shape index (κ1) is 16.3. The second-order valence-corrected chi connectivity index (χ2v) is 5.76. The van der Waals surface area contributed by atoms with Gasteiger partial charge in [0, 0.05) is 36.3 Å². The van der Waals surface area contributed by atoms with E-state index in [-0.39, 0.29) is 5.97 Å². The van der Waals surface area contributed by atoms with E-state index >= 15 is 0 Å². The van der Waals surface area contributed by atoms with Crippen molar-refractivity contribution in [3.05, 3.63) is 71.9 Å². The van der Waals surface area contributed by atoms with E-state index in [1.54, 1.807) is 0 Å². The first-order valence-electron chi connectivity index (χ1n) is 8.18. The average Bonchev–Trinajstić information content (AvgIpc) is 2.94. The van der Waals surface area contributed by atoms with Crippen molar-refractivity contribution >= 4 is 16.9 Å². The first-order valence-corrected chi connectivity index (χ1v) is 8.18. The van der Waals surface area contributed by atoms with E-state index in [9.17, 15) is 4.79 Å². The van der Waals surface area contributed by atoms with Gasteiger partial charge in [0.25, 0.3) is 0 Å². The van der Waals surface area contributed by atoms with E-state index in [0.717, 1.165) is 22.0 Å². The summed E-state index contributed by atoms with van der Waals surface area (Å²) in [7, 11) is 1.99. The molecule has 0 amide bonds. The Morgan fingerprint density at radius 3 is 2.58 bits per heavy atom. The number of aromatic nitrogens is 1. The molecule has 1 unspecified atom stereocenters. The zero-order chi connectivity index (χ0) is 16.9. The fourth-order valence-corrected chi connectivity index (χ4v) is 2.96. The molecule has 0 saturated heterocycles. The zero-order valence-electron chi connectivity index (χ0n) is 14.0. The Balaban J connectivity index is 1.93. The fraction of sp³-hybridized carbons (Fsp3) is 0.250. The third-order valence-corrected chi connectivity index (χ3v) is 4.11. The number of fused-ring (bicyclic) bond motifs is 1. The van der Waals surface area contributed by atoms with Gasteiger partial charge in [-0.1, -0.05) is 48.5 Å². The molecule has 3 aromatic rings. The first-order chi connectivity index (χ1) is 11.7. The molecular formula is C20H22N2O2. The minimum absolute atomic E-state index is 0.246. The van der Waals surface area contributed by atoms with Crippen LogP contribution >= 0.6 is 0 Å². The van der Waals surface area contributed by atoms with E-state index in [0.29, 0.717) is 13.2 Å². The number of para-hydroxylation sites is 1. The average molecular weight is 322 g/mol. The molecule has 0 bridgehead atoms. The van der Waals surface area contributed by atoms with Crippen LogP contribution in [-0.2, 0) is 23.1 Å². The van der Waals surface area contributed by atoms with Gasteiger partial charge < -0.3 is 9.30 Å². The van der Waals surface area contributed by atoms with E-state index in [1.807, 2.05) is 73.3 Å². The van der Waals surface area contributed by atoms with Crippen LogP contribution in [0.3, 0.4) is 0 Å². The van der Waals surface area contributed by atoms with Crippen LogP contribution in [0.25, 0.3) is 10.9 Å². The summed E-state index contributed by atoms with van der Waals surface area (Å²) in [6.07, 6.45) is 2.00. The number of carbonyl (C=O) groups excluding carboxylic acids is 1. The Bertz CT molecular complexity index is 824. The minimum Gasteiger partial charge on any atom is -0.465 e. The van der Waals surface area contributed by atoms with Crippen LogP contribution in [0.5, 0.6) is 0 Å². The standard InChI is InChI=1S/C20H22N2O2/c1-3-24-20(23)19(21-13-15-9-5-4-6-10-15)17-14-22(2)18-12-8-7-11-16(17)18/h4-12,14,19,21H,3,13H2,1-2H3. The lowest BCUT2D eigenvalue weighted by Gasteiger charge is -2.17. The summed E-state index contributed by atoms with van der Waals surface area (Å²) in [5.74, 6) is -0.246. The van der Waals surface area contributed by atoms with E-state index in [2.05, 4.69) is 11.4 Å². The molecule has 0 aliphatic heterocycles. The largest absolute Gasteiger partial charge is 0.465 e. The van der Waals surface area contributed by atoms with Crippen LogP contribution in [0, 0.1) is 0 Å². The Morgan fingerprint density at radius 2 is 1.83 bits per heavy atom. The highest BCUT2D eigenvalue weighted by Crippen LogP contribution is 2.27. The van der Waals surface area contributed by atoms with Crippen molar-refractivity contribution in [1.29, 1.82) is 0 Å². The summed E-state index contributed by atoms with van der Waals surface area (Å²) in [6.45, 7) is 2.80.